The second kappa shape index (κ2) is 7.23. The maximum atomic E-state index is 13.7. The van der Waals surface area contributed by atoms with Crippen molar-refractivity contribution in [1.82, 2.24) is 9.71 Å². The molecule has 4 saturated heterocycles. The first-order chi connectivity index (χ1) is 16.2. The van der Waals surface area contributed by atoms with Crippen molar-refractivity contribution in [2.45, 2.75) is 48.3 Å². The number of amides is 1. The zero-order valence-electron chi connectivity index (χ0n) is 18.1. The smallest absolute Gasteiger partial charge is 0.258 e. The molecule has 5 heterocycles. The first-order valence-electron chi connectivity index (χ1n) is 11.0. The van der Waals surface area contributed by atoms with E-state index in [0.29, 0.717) is 30.7 Å². The molecule has 4 aliphatic rings. The molecule has 1 spiro atoms. The van der Waals surface area contributed by atoms with Crippen molar-refractivity contribution in [2.24, 2.45) is 11.8 Å². The number of ether oxygens (including phenoxy) is 2. The Labute approximate surface area is 201 Å². The molecule has 0 aliphatic carbocycles. The van der Waals surface area contributed by atoms with E-state index in [1.54, 1.807) is 35.2 Å². The molecule has 4 fully saturated rings. The van der Waals surface area contributed by atoms with Crippen LogP contribution in [0.15, 0.2) is 47.6 Å². The maximum absolute atomic E-state index is 13.7. The van der Waals surface area contributed by atoms with Crippen molar-refractivity contribution >= 4 is 33.2 Å². The van der Waals surface area contributed by atoms with Gasteiger partial charge in [-0.15, -0.1) is 0 Å². The summed E-state index contributed by atoms with van der Waals surface area (Å²) >= 11 is 6.25. The van der Waals surface area contributed by atoms with Gasteiger partial charge in [-0.3, -0.25) is 9.69 Å². The van der Waals surface area contributed by atoms with Gasteiger partial charge in [-0.25, -0.2) is 18.1 Å². The summed E-state index contributed by atoms with van der Waals surface area (Å²) in [6.07, 6.45) is 1.63. The fourth-order valence-electron chi connectivity index (χ4n) is 6.36. The zero-order valence-corrected chi connectivity index (χ0v) is 19.7. The Morgan fingerprint density at radius 1 is 1.32 bits per heavy atom. The molecule has 11 heteroatoms. The average molecular weight is 501 g/mol. The Kier molecular flexibility index (Phi) is 4.67. The van der Waals surface area contributed by atoms with Crippen LogP contribution in [0.5, 0.6) is 0 Å². The first-order valence-corrected chi connectivity index (χ1v) is 12.8. The number of hydrogen-bond acceptors (Lipinski definition) is 7. The Morgan fingerprint density at radius 2 is 2.15 bits per heavy atom. The van der Waals surface area contributed by atoms with E-state index in [9.17, 15) is 18.5 Å². The molecule has 6 rings (SSSR count). The van der Waals surface area contributed by atoms with E-state index in [1.165, 1.54) is 12.3 Å². The third-order valence-corrected chi connectivity index (χ3v) is 9.31. The number of rotatable bonds is 4. The number of aromatic nitrogens is 1. The van der Waals surface area contributed by atoms with Crippen LogP contribution in [-0.2, 0) is 24.3 Å². The van der Waals surface area contributed by atoms with Gasteiger partial charge in [-0.1, -0.05) is 17.7 Å². The Balaban J connectivity index is 1.38. The number of nitrogens with zero attached hydrogens (tertiary/aromatic N) is 3. The molecular weight excluding hydrogens is 480 g/mol. The molecule has 2 aromatic rings. The van der Waals surface area contributed by atoms with Gasteiger partial charge >= 0.3 is 0 Å². The van der Waals surface area contributed by atoms with Crippen LogP contribution >= 0.6 is 11.6 Å². The van der Waals surface area contributed by atoms with Crippen LogP contribution in [0, 0.1) is 23.2 Å². The largest absolute Gasteiger partial charge is 0.366 e. The lowest BCUT2D eigenvalue weighted by atomic mass is 9.64. The molecule has 1 aromatic heterocycles. The van der Waals surface area contributed by atoms with E-state index in [4.69, 9.17) is 21.1 Å². The molecule has 6 atom stereocenters. The lowest BCUT2D eigenvalue weighted by Gasteiger charge is -2.45. The number of pyridine rings is 1. The molecule has 0 unspecified atom stereocenters. The maximum Gasteiger partial charge on any atom is 0.258 e. The van der Waals surface area contributed by atoms with E-state index in [-0.39, 0.29) is 21.9 Å². The molecule has 1 N–H and O–H groups in total. The summed E-state index contributed by atoms with van der Waals surface area (Å²) < 4.78 is 41.6. The SMILES string of the molecule is C[C@@]12C[C@H](NS(=O)(=O)c3ccccn3)[C@]3(CCO[C@H]4[C@@H]3[C@@H]1C(=O)N4c1ccc(C#N)c(Cl)c1)O2. The highest BCUT2D eigenvalue weighted by atomic mass is 35.5. The van der Waals surface area contributed by atoms with Crippen LogP contribution in [0.2, 0.25) is 5.02 Å². The van der Waals surface area contributed by atoms with Crippen molar-refractivity contribution in [2.75, 3.05) is 11.5 Å². The number of sulfonamides is 1. The molecule has 34 heavy (non-hydrogen) atoms. The predicted octanol–water partition coefficient (Wildman–Crippen LogP) is 2.21. The van der Waals surface area contributed by atoms with Crippen LogP contribution in [0.3, 0.4) is 0 Å². The number of hydrogen-bond donors (Lipinski definition) is 1. The summed E-state index contributed by atoms with van der Waals surface area (Å²) in [5, 5.41) is 9.39. The van der Waals surface area contributed by atoms with Gasteiger partial charge in [-0.05, 0) is 43.7 Å². The van der Waals surface area contributed by atoms with Gasteiger partial charge < -0.3 is 9.47 Å². The molecule has 9 nitrogen and oxygen atoms in total. The van der Waals surface area contributed by atoms with Crippen molar-refractivity contribution in [3.63, 3.8) is 0 Å². The summed E-state index contributed by atoms with van der Waals surface area (Å²) in [5.74, 6) is -0.991. The van der Waals surface area contributed by atoms with Crippen molar-refractivity contribution in [1.29, 1.82) is 5.26 Å². The third-order valence-electron chi connectivity index (χ3n) is 7.61. The lowest BCUT2D eigenvalue weighted by Crippen LogP contribution is -2.61. The summed E-state index contributed by atoms with van der Waals surface area (Å²) in [6, 6.07) is 11.1. The van der Waals surface area contributed by atoms with E-state index < -0.39 is 39.4 Å². The first kappa shape index (κ1) is 21.9. The second-order valence-electron chi connectivity index (χ2n) is 9.41. The van der Waals surface area contributed by atoms with Gasteiger partial charge in [0.2, 0.25) is 5.91 Å². The minimum absolute atomic E-state index is 0.0594. The van der Waals surface area contributed by atoms with Gasteiger partial charge in [-0.2, -0.15) is 5.26 Å². The van der Waals surface area contributed by atoms with Crippen molar-refractivity contribution < 1.29 is 22.7 Å². The van der Waals surface area contributed by atoms with Gasteiger partial charge in [0, 0.05) is 24.2 Å². The van der Waals surface area contributed by atoms with Gasteiger partial charge in [0.15, 0.2) is 5.03 Å². The van der Waals surface area contributed by atoms with E-state index in [0.717, 1.165) is 0 Å². The highest BCUT2D eigenvalue weighted by Gasteiger charge is 2.78. The van der Waals surface area contributed by atoms with Crippen LogP contribution in [0.1, 0.15) is 25.3 Å². The molecule has 4 aliphatic heterocycles. The standard InChI is InChI=1S/C23H21ClN4O5S/c1-22-11-16(27-34(30,31)17-4-2-3-8-26-17)23(33-22)7-9-32-21-19(23)18(22)20(29)28(21)14-6-5-13(12-25)15(24)10-14/h2-6,8,10,16,18-19,21,27H,7,9,11H2,1H3/t16-,18+,19-,21-,22+,23-/m0/s1. The number of benzene rings is 1. The normalized spacial score (nSPS) is 35.9. The lowest BCUT2D eigenvalue weighted by molar-refractivity contribution is -0.143. The highest BCUT2D eigenvalue weighted by Crippen LogP contribution is 2.65. The molecule has 176 valence electrons. The van der Waals surface area contributed by atoms with Gasteiger partial charge in [0.05, 0.1) is 40.4 Å². The quantitative estimate of drug-likeness (QED) is 0.683. The number of nitrogens with one attached hydrogen (secondary N) is 1. The third kappa shape index (κ3) is 2.85. The Bertz CT molecular complexity index is 1350. The molecule has 0 radical (unpaired) electrons. The number of fused-ring (bicyclic) bond motifs is 2. The molecule has 1 aromatic carbocycles. The van der Waals surface area contributed by atoms with Crippen LogP contribution in [0.4, 0.5) is 5.69 Å². The monoisotopic (exact) mass is 500 g/mol. The number of nitriles is 1. The molecule has 0 saturated carbocycles. The summed E-state index contributed by atoms with van der Waals surface area (Å²) in [7, 11) is -3.88. The van der Waals surface area contributed by atoms with Crippen molar-refractivity contribution in [3.8, 4) is 6.07 Å². The van der Waals surface area contributed by atoms with Crippen molar-refractivity contribution in [3.05, 3.63) is 53.2 Å². The average Bonchev–Trinajstić information content (AvgIpc) is 3.37. The van der Waals surface area contributed by atoms with E-state index >= 15 is 0 Å². The Hall–Kier alpha value is -2.55. The van der Waals surface area contributed by atoms with Crippen LogP contribution < -0.4 is 9.62 Å². The zero-order chi connectivity index (χ0) is 23.9. The fraction of sp³-hybridized carbons (Fsp3) is 0.435. The van der Waals surface area contributed by atoms with Gasteiger partial charge in [0.25, 0.3) is 10.0 Å². The van der Waals surface area contributed by atoms with E-state index in [2.05, 4.69) is 9.71 Å². The van der Waals surface area contributed by atoms with Crippen LogP contribution in [0.25, 0.3) is 0 Å². The van der Waals surface area contributed by atoms with E-state index in [1.807, 2.05) is 13.0 Å². The molecular formula is C23H21ClN4O5S. The highest BCUT2D eigenvalue weighted by molar-refractivity contribution is 7.89. The molecule has 2 bridgehead atoms. The number of halogens is 1. The fourth-order valence-corrected chi connectivity index (χ4v) is 7.81. The summed E-state index contributed by atoms with van der Waals surface area (Å²) in [6.45, 7) is 2.18. The summed E-state index contributed by atoms with van der Waals surface area (Å²) in [4.78, 5) is 19.3. The number of carbonyl (C=O) groups is 1. The second-order valence-corrected chi connectivity index (χ2v) is 11.5. The summed E-state index contributed by atoms with van der Waals surface area (Å²) in [5.41, 5.74) is -0.877. The minimum atomic E-state index is -3.88. The number of anilines is 1. The Morgan fingerprint density at radius 3 is 2.85 bits per heavy atom. The minimum Gasteiger partial charge on any atom is -0.366 e. The van der Waals surface area contributed by atoms with Crippen LogP contribution in [-0.4, -0.2) is 49.4 Å². The predicted molar refractivity (Wildman–Crippen MR) is 120 cm³/mol. The number of carbonyl (C=O) groups excluding carboxylic acids is 1. The topological polar surface area (TPSA) is 122 Å². The molecule has 1 amide bonds. The van der Waals surface area contributed by atoms with Gasteiger partial charge in [0.1, 0.15) is 12.3 Å².